The average molecular weight is 300 g/mol. The Morgan fingerprint density at radius 1 is 0.870 bits per heavy atom. The maximum Gasteiger partial charge on any atom is 0.163 e. The molecule has 0 spiro atoms. The molecule has 4 nitrogen and oxygen atoms in total. The smallest absolute Gasteiger partial charge is 0.163 e. The van der Waals surface area contributed by atoms with Crippen LogP contribution in [0.4, 0.5) is 0 Å². The van der Waals surface area contributed by atoms with Gasteiger partial charge in [-0.1, -0.05) is 37.3 Å². The molecule has 0 radical (unpaired) electrons. The average Bonchev–Trinajstić information content (AvgIpc) is 3.02. The lowest BCUT2D eigenvalue weighted by molar-refractivity contribution is 0.893. The minimum Gasteiger partial charge on any atom is -0.265 e. The number of pyridine rings is 1. The van der Waals surface area contributed by atoms with Crippen molar-refractivity contribution in [3.05, 3.63) is 72.8 Å². The fourth-order valence-corrected chi connectivity index (χ4v) is 2.88. The lowest BCUT2D eigenvalue weighted by atomic mass is 10.0. The van der Waals surface area contributed by atoms with Gasteiger partial charge in [0.25, 0.3) is 0 Å². The lowest BCUT2D eigenvalue weighted by Gasteiger charge is -2.04. The van der Waals surface area contributed by atoms with E-state index < -0.39 is 0 Å². The molecule has 3 heterocycles. The fourth-order valence-electron chi connectivity index (χ4n) is 2.88. The van der Waals surface area contributed by atoms with E-state index in [9.17, 15) is 0 Å². The standard InChI is InChI=1S/C19H16N4/c1-2-16-18(15-6-4-3-5-7-15)19-21-13-10-17(23(19)22-16)14-8-11-20-12-9-14/h3-13H,2H2,1H3. The Morgan fingerprint density at radius 3 is 2.39 bits per heavy atom. The van der Waals surface area contributed by atoms with Crippen molar-refractivity contribution in [3.8, 4) is 22.4 Å². The number of hydrogen-bond donors (Lipinski definition) is 0. The Kier molecular flexibility index (Phi) is 3.35. The van der Waals surface area contributed by atoms with Gasteiger partial charge in [0.05, 0.1) is 11.4 Å². The highest BCUT2D eigenvalue weighted by Crippen LogP contribution is 2.30. The van der Waals surface area contributed by atoms with E-state index in [1.54, 1.807) is 12.4 Å². The summed E-state index contributed by atoms with van der Waals surface area (Å²) in [4.78, 5) is 8.69. The Morgan fingerprint density at radius 2 is 1.65 bits per heavy atom. The van der Waals surface area contributed by atoms with Crippen molar-refractivity contribution < 1.29 is 0 Å². The first-order chi connectivity index (χ1) is 11.4. The number of aryl methyl sites for hydroxylation is 1. The summed E-state index contributed by atoms with van der Waals surface area (Å²) in [7, 11) is 0. The highest BCUT2D eigenvalue weighted by atomic mass is 15.3. The van der Waals surface area contributed by atoms with E-state index in [0.717, 1.165) is 40.1 Å². The van der Waals surface area contributed by atoms with Crippen LogP contribution < -0.4 is 0 Å². The zero-order chi connectivity index (χ0) is 15.6. The molecule has 4 rings (SSSR count). The van der Waals surface area contributed by atoms with Crippen LogP contribution in [0, 0.1) is 0 Å². The first-order valence-electron chi connectivity index (χ1n) is 7.71. The molecular formula is C19H16N4. The molecule has 0 N–H and O–H groups in total. The molecule has 0 amide bonds. The van der Waals surface area contributed by atoms with Crippen LogP contribution in [0.2, 0.25) is 0 Å². The van der Waals surface area contributed by atoms with Crippen molar-refractivity contribution in [1.82, 2.24) is 19.6 Å². The summed E-state index contributed by atoms with van der Waals surface area (Å²) in [5.41, 5.74) is 6.32. The number of rotatable bonds is 3. The Balaban J connectivity index is 2.02. The molecule has 1 aromatic carbocycles. The summed E-state index contributed by atoms with van der Waals surface area (Å²) in [5.74, 6) is 0. The summed E-state index contributed by atoms with van der Waals surface area (Å²) < 4.78 is 1.94. The highest BCUT2D eigenvalue weighted by molar-refractivity contribution is 5.81. The van der Waals surface area contributed by atoms with Crippen LogP contribution >= 0.6 is 0 Å². The zero-order valence-electron chi connectivity index (χ0n) is 12.8. The van der Waals surface area contributed by atoms with Crippen LogP contribution in [0.25, 0.3) is 28.0 Å². The predicted molar refractivity (Wildman–Crippen MR) is 91.0 cm³/mol. The van der Waals surface area contributed by atoms with Crippen LogP contribution in [0.1, 0.15) is 12.6 Å². The molecule has 0 aliphatic heterocycles. The van der Waals surface area contributed by atoms with E-state index in [2.05, 4.69) is 29.0 Å². The van der Waals surface area contributed by atoms with Gasteiger partial charge in [-0.3, -0.25) is 4.98 Å². The second-order valence-corrected chi connectivity index (χ2v) is 5.34. The van der Waals surface area contributed by atoms with E-state index in [1.807, 2.05) is 47.1 Å². The predicted octanol–water partition coefficient (Wildman–Crippen LogP) is 4.02. The van der Waals surface area contributed by atoms with Gasteiger partial charge in [0.15, 0.2) is 5.65 Å². The number of aromatic nitrogens is 4. The van der Waals surface area contributed by atoms with E-state index in [1.165, 1.54) is 0 Å². The van der Waals surface area contributed by atoms with Crippen molar-refractivity contribution in [2.75, 3.05) is 0 Å². The molecule has 0 fully saturated rings. The maximum absolute atomic E-state index is 4.82. The fraction of sp³-hybridized carbons (Fsp3) is 0.105. The molecule has 4 aromatic rings. The quantitative estimate of drug-likeness (QED) is 0.574. The van der Waals surface area contributed by atoms with Crippen LogP contribution in [-0.4, -0.2) is 19.6 Å². The van der Waals surface area contributed by atoms with Gasteiger partial charge in [0, 0.05) is 29.7 Å². The minimum atomic E-state index is 0.864. The molecule has 0 bridgehead atoms. The lowest BCUT2D eigenvalue weighted by Crippen LogP contribution is -1.96. The molecule has 0 saturated heterocycles. The van der Waals surface area contributed by atoms with Gasteiger partial charge in [-0.25, -0.2) is 9.50 Å². The Hall–Kier alpha value is -3.01. The van der Waals surface area contributed by atoms with Gasteiger partial charge in [0.2, 0.25) is 0 Å². The van der Waals surface area contributed by atoms with Crippen molar-refractivity contribution >= 4 is 5.65 Å². The zero-order valence-corrected chi connectivity index (χ0v) is 12.8. The van der Waals surface area contributed by atoms with E-state index in [0.29, 0.717) is 0 Å². The number of hydrogen-bond acceptors (Lipinski definition) is 3. The van der Waals surface area contributed by atoms with Crippen molar-refractivity contribution in [1.29, 1.82) is 0 Å². The summed E-state index contributed by atoms with van der Waals surface area (Å²) >= 11 is 0. The minimum absolute atomic E-state index is 0.864. The molecule has 0 unspecified atom stereocenters. The van der Waals surface area contributed by atoms with Crippen molar-refractivity contribution in [2.45, 2.75) is 13.3 Å². The normalized spacial score (nSPS) is 11.0. The van der Waals surface area contributed by atoms with E-state index in [4.69, 9.17) is 5.10 Å². The van der Waals surface area contributed by atoms with Crippen molar-refractivity contribution in [2.24, 2.45) is 0 Å². The number of nitrogens with zero attached hydrogens (tertiary/aromatic N) is 4. The number of benzene rings is 1. The third-order valence-corrected chi connectivity index (χ3v) is 3.96. The van der Waals surface area contributed by atoms with Gasteiger partial charge in [-0.2, -0.15) is 5.10 Å². The molecule has 112 valence electrons. The molecule has 4 heteroatoms. The molecule has 0 aliphatic rings. The third kappa shape index (κ3) is 2.28. The molecule has 0 aliphatic carbocycles. The first-order valence-corrected chi connectivity index (χ1v) is 7.71. The summed E-state index contributed by atoms with van der Waals surface area (Å²) in [6.45, 7) is 2.13. The number of fused-ring (bicyclic) bond motifs is 1. The first kappa shape index (κ1) is 13.6. The Labute approximate surface area is 134 Å². The summed E-state index contributed by atoms with van der Waals surface area (Å²) in [6.07, 6.45) is 6.30. The van der Waals surface area contributed by atoms with Crippen LogP contribution in [-0.2, 0) is 6.42 Å². The monoisotopic (exact) mass is 300 g/mol. The largest absolute Gasteiger partial charge is 0.265 e. The molecule has 3 aromatic heterocycles. The van der Waals surface area contributed by atoms with E-state index in [-0.39, 0.29) is 0 Å². The SMILES string of the molecule is CCc1nn2c(-c3ccncc3)ccnc2c1-c1ccccc1. The van der Waals surface area contributed by atoms with Gasteiger partial charge < -0.3 is 0 Å². The molecule has 0 atom stereocenters. The van der Waals surface area contributed by atoms with Crippen LogP contribution in [0.5, 0.6) is 0 Å². The van der Waals surface area contributed by atoms with E-state index >= 15 is 0 Å². The molecule has 23 heavy (non-hydrogen) atoms. The maximum atomic E-state index is 4.82. The second-order valence-electron chi connectivity index (χ2n) is 5.34. The highest BCUT2D eigenvalue weighted by Gasteiger charge is 2.16. The Bertz CT molecular complexity index is 943. The third-order valence-electron chi connectivity index (χ3n) is 3.96. The van der Waals surface area contributed by atoms with Crippen LogP contribution in [0.3, 0.4) is 0 Å². The molecule has 0 saturated carbocycles. The molecular weight excluding hydrogens is 284 g/mol. The second kappa shape index (κ2) is 5.65. The van der Waals surface area contributed by atoms with Gasteiger partial charge in [0.1, 0.15) is 0 Å². The van der Waals surface area contributed by atoms with Gasteiger partial charge >= 0.3 is 0 Å². The topological polar surface area (TPSA) is 43.1 Å². The van der Waals surface area contributed by atoms with Crippen molar-refractivity contribution in [3.63, 3.8) is 0 Å². The van der Waals surface area contributed by atoms with Crippen LogP contribution in [0.15, 0.2) is 67.1 Å². The van der Waals surface area contributed by atoms with Gasteiger partial charge in [-0.15, -0.1) is 0 Å². The summed E-state index contributed by atoms with van der Waals surface area (Å²) in [6, 6.07) is 16.3. The summed E-state index contributed by atoms with van der Waals surface area (Å²) in [5, 5.41) is 4.82. The van der Waals surface area contributed by atoms with Gasteiger partial charge in [-0.05, 0) is 30.2 Å².